The van der Waals surface area contributed by atoms with E-state index in [-0.39, 0.29) is 24.6 Å². The Morgan fingerprint density at radius 2 is 2.00 bits per heavy atom. The Balaban J connectivity index is 1.67. The van der Waals surface area contributed by atoms with Gasteiger partial charge >= 0.3 is 6.03 Å². The number of benzene rings is 2. The third-order valence-corrected chi connectivity index (χ3v) is 4.93. The van der Waals surface area contributed by atoms with Gasteiger partial charge in [0.1, 0.15) is 5.75 Å². The third-order valence-electron chi connectivity index (χ3n) is 4.93. The summed E-state index contributed by atoms with van der Waals surface area (Å²) in [5.41, 5.74) is -0.940. The second-order valence-corrected chi connectivity index (χ2v) is 6.85. The van der Waals surface area contributed by atoms with Gasteiger partial charge in [0, 0.05) is 12.1 Å². The summed E-state index contributed by atoms with van der Waals surface area (Å²) < 4.78 is 32.5. The van der Waals surface area contributed by atoms with Gasteiger partial charge in [-0.15, -0.1) is 0 Å². The van der Waals surface area contributed by atoms with Crippen molar-refractivity contribution in [1.29, 1.82) is 0 Å². The first-order chi connectivity index (χ1) is 14.3. The lowest BCUT2D eigenvalue weighted by Crippen LogP contribution is -2.54. The van der Waals surface area contributed by atoms with Gasteiger partial charge in [0.25, 0.3) is 11.8 Å². The van der Waals surface area contributed by atoms with Crippen LogP contribution >= 0.6 is 0 Å². The molecule has 1 atom stereocenters. The highest BCUT2D eigenvalue weighted by atomic mass is 19.2. The van der Waals surface area contributed by atoms with E-state index in [0.717, 1.165) is 11.6 Å². The lowest BCUT2D eigenvalue weighted by atomic mass is 9.99. The molecule has 0 bridgehead atoms. The Morgan fingerprint density at radius 3 is 2.70 bits per heavy atom. The highest BCUT2D eigenvalue weighted by Crippen LogP contribution is 2.28. The molecule has 152 valence electrons. The molecule has 2 aromatic rings. The van der Waals surface area contributed by atoms with Gasteiger partial charge in [0.2, 0.25) is 5.54 Å². The number of methoxy groups -OCH3 is 1. The van der Waals surface area contributed by atoms with Crippen molar-refractivity contribution in [2.45, 2.75) is 12.1 Å². The third kappa shape index (κ3) is 3.22. The molecule has 4 amide bonds. The predicted molar refractivity (Wildman–Crippen MR) is 100 cm³/mol. The largest absolute Gasteiger partial charge is 0.497 e. The molecule has 1 saturated heterocycles. The first-order valence-corrected chi connectivity index (χ1v) is 8.90. The number of ether oxygens (including phenoxy) is 1. The molecule has 0 aromatic heterocycles. The summed E-state index contributed by atoms with van der Waals surface area (Å²) in [6.45, 7) is -0.0800. The summed E-state index contributed by atoms with van der Waals surface area (Å²) in [6, 6.07) is 7.70. The van der Waals surface area contributed by atoms with Crippen LogP contribution in [-0.2, 0) is 11.3 Å². The van der Waals surface area contributed by atoms with Crippen molar-refractivity contribution in [1.82, 2.24) is 15.5 Å². The van der Waals surface area contributed by atoms with Gasteiger partial charge in [0.15, 0.2) is 11.6 Å². The number of urea groups is 1. The van der Waals surface area contributed by atoms with E-state index < -0.39 is 29.1 Å². The van der Waals surface area contributed by atoms with Crippen LogP contribution in [0.25, 0.3) is 0 Å². The molecule has 30 heavy (non-hydrogen) atoms. The maximum Gasteiger partial charge on any atom is 0.323 e. The fraction of sp³-hybridized carbons (Fsp3) is 0.190. The topological polar surface area (TPSA) is 87.7 Å². The van der Waals surface area contributed by atoms with Gasteiger partial charge in [-0.2, -0.15) is 0 Å². The molecule has 9 heteroatoms. The SMILES string of the molecule is COc1ccc2c(c1)C(=O)N(C[C@@]1(C#Cc3cccc(F)c3F)NC(=O)NC1=O)C2. The van der Waals surface area contributed by atoms with Crippen LogP contribution < -0.4 is 15.4 Å². The lowest BCUT2D eigenvalue weighted by Gasteiger charge is -2.26. The minimum atomic E-state index is -1.81. The molecule has 1 fully saturated rings. The van der Waals surface area contributed by atoms with Gasteiger partial charge in [-0.05, 0) is 29.8 Å². The summed E-state index contributed by atoms with van der Waals surface area (Å²) in [6.07, 6.45) is 0. The fourth-order valence-electron chi connectivity index (χ4n) is 3.39. The normalized spacial score (nSPS) is 19.7. The molecule has 2 aliphatic heterocycles. The standard InChI is InChI=1S/C21H15F2N3O4/c1-30-14-6-5-13-10-26(18(27)15(13)9-14)11-21(19(28)24-20(29)25-21)8-7-12-3-2-4-16(22)17(12)23/h2-6,9H,10-11H2,1H3,(H2,24,25,28,29)/t21-/m1/s1. The van der Waals surface area contributed by atoms with E-state index in [4.69, 9.17) is 4.74 Å². The summed E-state index contributed by atoms with van der Waals surface area (Å²) in [4.78, 5) is 38.5. The molecule has 2 aromatic carbocycles. The van der Waals surface area contributed by atoms with Gasteiger partial charge in [0.05, 0.1) is 19.2 Å². The summed E-state index contributed by atoms with van der Waals surface area (Å²) in [5.74, 6) is 2.06. The molecular formula is C21H15F2N3O4. The molecule has 0 saturated carbocycles. The molecule has 4 rings (SSSR count). The predicted octanol–water partition coefficient (Wildman–Crippen LogP) is 1.56. The number of fused-ring (bicyclic) bond motifs is 1. The number of halogens is 2. The van der Waals surface area contributed by atoms with Crippen molar-refractivity contribution in [2.75, 3.05) is 13.7 Å². The van der Waals surface area contributed by atoms with Gasteiger partial charge in [-0.25, -0.2) is 13.6 Å². The smallest absolute Gasteiger partial charge is 0.323 e. The Bertz CT molecular complexity index is 1150. The molecule has 0 spiro atoms. The molecule has 2 N–H and O–H groups in total. The van der Waals surface area contributed by atoms with E-state index in [1.807, 2.05) is 0 Å². The first-order valence-electron chi connectivity index (χ1n) is 8.90. The molecule has 0 aliphatic carbocycles. The Labute approximate surface area is 170 Å². The average Bonchev–Trinajstić information content (AvgIpc) is 3.18. The van der Waals surface area contributed by atoms with Crippen molar-refractivity contribution in [2.24, 2.45) is 0 Å². The van der Waals surface area contributed by atoms with E-state index in [1.165, 1.54) is 24.1 Å². The second kappa shape index (κ2) is 7.15. The molecular weight excluding hydrogens is 396 g/mol. The monoisotopic (exact) mass is 411 g/mol. The number of rotatable bonds is 3. The van der Waals surface area contributed by atoms with Crippen molar-refractivity contribution in [3.05, 3.63) is 64.7 Å². The van der Waals surface area contributed by atoms with E-state index in [9.17, 15) is 23.2 Å². The number of nitrogens with zero attached hydrogens (tertiary/aromatic N) is 1. The maximum absolute atomic E-state index is 13.9. The molecule has 7 nitrogen and oxygen atoms in total. The van der Waals surface area contributed by atoms with Gasteiger partial charge in [-0.1, -0.05) is 24.0 Å². The van der Waals surface area contributed by atoms with Crippen molar-refractivity contribution < 1.29 is 27.9 Å². The number of amides is 4. The van der Waals surface area contributed by atoms with E-state index >= 15 is 0 Å². The van der Waals surface area contributed by atoms with Crippen LogP contribution in [0.4, 0.5) is 13.6 Å². The lowest BCUT2D eigenvalue weighted by molar-refractivity contribution is -0.122. The molecule has 2 aliphatic rings. The Morgan fingerprint density at radius 1 is 1.20 bits per heavy atom. The van der Waals surface area contributed by atoms with Crippen LogP contribution in [0.2, 0.25) is 0 Å². The van der Waals surface area contributed by atoms with Crippen LogP contribution in [0.5, 0.6) is 5.75 Å². The van der Waals surface area contributed by atoms with Crippen molar-refractivity contribution >= 4 is 17.8 Å². The van der Waals surface area contributed by atoms with E-state index in [1.54, 1.807) is 18.2 Å². The summed E-state index contributed by atoms with van der Waals surface area (Å²) in [5, 5.41) is 4.49. The Hall–Kier alpha value is -3.93. The zero-order valence-electron chi connectivity index (χ0n) is 15.7. The van der Waals surface area contributed by atoms with Crippen LogP contribution in [0.3, 0.4) is 0 Å². The zero-order chi connectivity index (χ0) is 21.5. The van der Waals surface area contributed by atoms with Gasteiger partial charge in [-0.3, -0.25) is 14.9 Å². The van der Waals surface area contributed by atoms with Crippen LogP contribution in [0.1, 0.15) is 21.5 Å². The number of imide groups is 1. The highest BCUT2D eigenvalue weighted by Gasteiger charge is 2.48. The molecule has 2 heterocycles. The zero-order valence-corrected chi connectivity index (χ0v) is 15.7. The van der Waals surface area contributed by atoms with E-state index in [2.05, 4.69) is 22.5 Å². The maximum atomic E-state index is 13.9. The van der Waals surface area contributed by atoms with E-state index in [0.29, 0.717) is 11.3 Å². The van der Waals surface area contributed by atoms with Gasteiger partial charge < -0.3 is 15.0 Å². The minimum absolute atomic E-state index is 0.194. The number of hydrogen-bond acceptors (Lipinski definition) is 4. The average molecular weight is 411 g/mol. The number of carbonyl (C=O) groups excluding carboxylic acids is 3. The second-order valence-electron chi connectivity index (χ2n) is 6.85. The number of carbonyl (C=O) groups is 3. The van der Waals surface area contributed by atoms with Crippen LogP contribution in [0.15, 0.2) is 36.4 Å². The minimum Gasteiger partial charge on any atom is -0.497 e. The van der Waals surface area contributed by atoms with Crippen molar-refractivity contribution in [3.63, 3.8) is 0 Å². The van der Waals surface area contributed by atoms with Crippen LogP contribution in [-0.4, -0.2) is 41.9 Å². The van der Waals surface area contributed by atoms with Crippen LogP contribution in [0, 0.1) is 23.5 Å². The molecule has 0 radical (unpaired) electrons. The summed E-state index contributed by atoms with van der Waals surface area (Å²) in [7, 11) is 1.48. The summed E-state index contributed by atoms with van der Waals surface area (Å²) >= 11 is 0. The number of hydrogen-bond donors (Lipinski definition) is 2. The molecule has 0 unspecified atom stereocenters. The highest BCUT2D eigenvalue weighted by molar-refractivity contribution is 6.10. The Kier molecular flexibility index (Phi) is 4.62. The fourth-order valence-corrected chi connectivity index (χ4v) is 3.39. The quantitative estimate of drug-likeness (QED) is 0.593. The first kappa shape index (κ1) is 19.4. The number of nitrogens with one attached hydrogen (secondary N) is 2. The van der Waals surface area contributed by atoms with Crippen molar-refractivity contribution in [3.8, 4) is 17.6 Å².